The van der Waals surface area contributed by atoms with E-state index in [0.29, 0.717) is 30.1 Å². The Balaban J connectivity index is 1.66. The van der Waals surface area contributed by atoms with Gasteiger partial charge in [0.15, 0.2) is 5.13 Å². The number of rotatable bonds is 8. The smallest absolute Gasteiger partial charge is 0.261 e. The Labute approximate surface area is 186 Å². The molecule has 0 aromatic carbocycles. The lowest BCUT2D eigenvalue weighted by molar-refractivity contribution is 0.0730. The number of hydrogen-bond acceptors (Lipinski definition) is 8. The van der Waals surface area contributed by atoms with Crippen LogP contribution in [0.15, 0.2) is 23.4 Å². The molecule has 1 saturated heterocycles. The zero-order valence-electron chi connectivity index (χ0n) is 17.7. The van der Waals surface area contributed by atoms with Gasteiger partial charge in [0.25, 0.3) is 5.91 Å². The molecule has 4 rings (SSSR count). The summed E-state index contributed by atoms with van der Waals surface area (Å²) >= 11 is 1.41. The molecule has 1 amide bonds. The summed E-state index contributed by atoms with van der Waals surface area (Å²) in [5, 5.41) is 3.29. The molecule has 2 fully saturated rings. The van der Waals surface area contributed by atoms with Crippen LogP contribution in [0.5, 0.6) is 0 Å². The van der Waals surface area contributed by atoms with E-state index in [1.165, 1.54) is 27.9 Å². The summed E-state index contributed by atoms with van der Waals surface area (Å²) in [5.41, 5.74) is 0.228. The van der Waals surface area contributed by atoms with Gasteiger partial charge in [-0.05, 0) is 31.2 Å². The van der Waals surface area contributed by atoms with Crippen molar-refractivity contribution < 1.29 is 17.9 Å². The summed E-state index contributed by atoms with van der Waals surface area (Å²) in [4.78, 5) is 24.8. The van der Waals surface area contributed by atoms with Crippen molar-refractivity contribution in [3.8, 4) is 0 Å². The third-order valence-electron chi connectivity index (χ3n) is 5.41. The van der Waals surface area contributed by atoms with Crippen LogP contribution in [-0.2, 0) is 21.2 Å². The number of amides is 1. The van der Waals surface area contributed by atoms with E-state index in [1.807, 2.05) is 18.9 Å². The van der Waals surface area contributed by atoms with Crippen LogP contribution >= 0.6 is 11.3 Å². The van der Waals surface area contributed by atoms with Gasteiger partial charge >= 0.3 is 0 Å². The molecule has 168 valence electrons. The monoisotopic (exact) mass is 465 g/mol. The van der Waals surface area contributed by atoms with Gasteiger partial charge in [0.05, 0.1) is 18.8 Å². The molecule has 2 aromatic heterocycles. The van der Waals surface area contributed by atoms with Gasteiger partial charge in [-0.1, -0.05) is 6.92 Å². The van der Waals surface area contributed by atoms with Gasteiger partial charge in [-0.3, -0.25) is 10.1 Å². The summed E-state index contributed by atoms with van der Waals surface area (Å²) in [6.45, 7) is 4.07. The van der Waals surface area contributed by atoms with E-state index in [4.69, 9.17) is 4.74 Å². The summed E-state index contributed by atoms with van der Waals surface area (Å²) in [6, 6.07) is 1.43. The van der Waals surface area contributed by atoms with E-state index >= 15 is 0 Å². The highest BCUT2D eigenvalue weighted by molar-refractivity contribution is 7.89. The first-order valence-electron chi connectivity index (χ1n) is 10.4. The molecule has 1 aliphatic heterocycles. The molecule has 2 aliphatic rings. The summed E-state index contributed by atoms with van der Waals surface area (Å²) in [6.07, 6.45) is 6.23. The Kier molecular flexibility index (Phi) is 6.56. The van der Waals surface area contributed by atoms with Crippen molar-refractivity contribution >= 4 is 38.2 Å². The Hall–Kier alpha value is -2.08. The fraction of sp³-hybridized carbons (Fsp3) is 0.550. The van der Waals surface area contributed by atoms with Crippen molar-refractivity contribution in [2.24, 2.45) is 5.92 Å². The second-order valence-corrected chi connectivity index (χ2v) is 10.9. The first-order chi connectivity index (χ1) is 14.9. The second-order valence-electron chi connectivity index (χ2n) is 7.82. The highest BCUT2D eigenvalue weighted by Crippen LogP contribution is 2.32. The third-order valence-corrected chi connectivity index (χ3v) is 8.33. The molecule has 3 heterocycles. The Morgan fingerprint density at radius 2 is 2.03 bits per heavy atom. The number of aromatic nitrogens is 2. The van der Waals surface area contributed by atoms with E-state index in [0.717, 1.165) is 30.7 Å². The average Bonchev–Trinajstić information content (AvgIpc) is 3.48. The fourth-order valence-electron chi connectivity index (χ4n) is 3.45. The van der Waals surface area contributed by atoms with Crippen LogP contribution in [0.4, 0.5) is 10.9 Å². The number of aryl methyl sites for hydroxylation is 1. The van der Waals surface area contributed by atoms with Gasteiger partial charge in [-0.2, -0.15) is 4.31 Å². The van der Waals surface area contributed by atoms with Crippen LogP contribution in [-0.4, -0.2) is 68.5 Å². The van der Waals surface area contributed by atoms with Gasteiger partial charge in [-0.15, -0.1) is 11.3 Å². The lowest BCUT2D eigenvalue weighted by Gasteiger charge is -2.26. The molecule has 1 saturated carbocycles. The SMILES string of the molecule is CCc1cnc(NC(=O)c2cc(S(=O)(=O)N3CCOCC3)cnc2N(C)CC2CC2)s1. The highest BCUT2D eigenvalue weighted by atomic mass is 32.2. The van der Waals surface area contributed by atoms with E-state index in [2.05, 4.69) is 15.3 Å². The Bertz CT molecular complexity index is 1050. The lowest BCUT2D eigenvalue weighted by Crippen LogP contribution is -2.40. The normalized spacial score (nSPS) is 17.5. The molecular formula is C20H27N5O4S2. The number of morpholine rings is 1. The number of sulfonamides is 1. The predicted molar refractivity (Wildman–Crippen MR) is 119 cm³/mol. The standard InChI is InChI=1S/C20H27N5O4S2/c1-3-15-11-22-20(30-15)23-19(26)17-10-16(31(27,28)25-6-8-29-9-7-25)12-21-18(17)24(2)13-14-4-5-14/h10-12,14H,3-9,13H2,1-2H3,(H,22,23,26). The zero-order valence-corrected chi connectivity index (χ0v) is 19.3. The van der Waals surface area contributed by atoms with Gasteiger partial charge < -0.3 is 9.64 Å². The predicted octanol–water partition coefficient (Wildman–Crippen LogP) is 2.22. The maximum atomic E-state index is 13.2. The summed E-state index contributed by atoms with van der Waals surface area (Å²) in [7, 11) is -1.88. The number of ether oxygens (including phenoxy) is 1. The van der Waals surface area contributed by atoms with E-state index in [1.54, 1.807) is 6.20 Å². The Morgan fingerprint density at radius 1 is 1.29 bits per heavy atom. The van der Waals surface area contributed by atoms with Crippen molar-refractivity contribution in [1.82, 2.24) is 14.3 Å². The topological polar surface area (TPSA) is 105 Å². The van der Waals surface area contributed by atoms with Crippen LogP contribution in [0, 0.1) is 5.92 Å². The van der Waals surface area contributed by atoms with Crippen LogP contribution in [0.1, 0.15) is 35.0 Å². The van der Waals surface area contributed by atoms with Gasteiger partial charge in [0, 0.05) is 44.0 Å². The molecular weight excluding hydrogens is 438 g/mol. The Morgan fingerprint density at radius 3 is 2.68 bits per heavy atom. The summed E-state index contributed by atoms with van der Waals surface area (Å²) in [5.74, 6) is 0.643. The number of carbonyl (C=O) groups is 1. The first-order valence-corrected chi connectivity index (χ1v) is 12.7. The van der Waals surface area contributed by atoms with Crippen molar-refractivity contribution in [3.63, 3.8) is 0 Å². The number of carbonyl (C=O) groups excluding carboxylic acids is 1. The molecule has 31 heavy (non-hydrogen) atoms. The number of anilines is 2. The van der Waals surface area contributed by atoms with Crippen molar-refractivity contribution in [1.29, 1.82) is 0 Å². The molecule has 0 atom stereocenters. The molecule has 0 spiro atoms. The molecule has 9 nitrogen and oxygen atoms in total. The minimum Gasteiger partial charge on any atom is -0.379 e. The van der Waals surface area contributed by atoms with Gasteiger partial charge in [0.1, 0.15) is 10.7 Å². The van der Waals surface area contributed by atoms with Crippen LogP contribution in [0.3, 0.4) is 0 Å². The molecule has 0 radical (unpaired) electrons. The van der Waals surface area contributed by atoms with Crippen LogP contribution in [0.2, 0.25) is 0 Å². The third kappa shape index (κ3) is 5.05. The quantitative estimate of drug-likeness (QED) is 0.637. The molecule has 0 bridgehead atoms. The van der Waals surface area contributed by atoms with Crippen molar-refractivity contribution in [2.45, 2.75) is 31.1 Å². The van der Waals surface area contributed by atoms with Crippen LogP contribution < -0.4 is 10.2 Å². The zero-order chi connectivity index (χ0) is 22.0. The van der Waals surface area contributed by atoms with E-state index < -0.39 is 15.9 Å². The average molecular weight is 466 g/mol. The lowest BCUT2D eigenvalue weighted by atomic mass is 10.2. The van der Waals surface area contributed by atoms with Gasteiger partial charge in [-0.25, -0.2) is 18.4 Å². The molecule has 2 aromatic rings. The maximum Gasteiger partial charge on any atom is 0.261 e. The van der Waals surface area contributed by atoms with E-state index in [9.17, 15) is 13.2 Å². The number of nitrogens with one attached hydrogen (secondary N) is 1. The molecule has 1 N–H and O–H groups in total. The minimum atomic E-state index is -3.76. The maximum absolute atomic E-state index is 13.2. The fourth-order valence-corrected chi connectivity index (χ4v) is 5.58. The number of thiazole rings is 1. The van der Waals surface area contributed by atoms with Crippen LogP contribution in [0.25, 0.3) is 0 Å². The largest absolute Gasteiger partial charge is 0.379 e. The van der Waals surface area contributed by atoms with Crippen molar-refractivity contribution in [2.75, 3.05) is 50.1 Å². The van der Waals surface area contributed by atoms with E-state index in [-0.39, 0.29) is 23.5 Å². The first kappa shape index (κ1) is 22.1. The minimum absolute atomic E-state index is 0.0107. The molecule has 1 aliphatic carbocycles. The molecule has 11 heteroatoms. The van der Waals surface area contributed by atoms with Gasteiger partial charge in [0.2, 0.25) is 10.0 Å². The van der Waals surface area contributed by atoms with Crippen molar-refractivity contribution in [3.05, 3.63) is 28.9 Å². The number of hydrogen-bond donors (Lipinski definition) is 1. The summed E-state index contributed by atoms with van der Waals surface area (Å²) < 4.78 is 32.9. The second kappa shape index (κ2) is 9.19. The molecule has 0 unspecified atom stereocenters. The number of pyridine rings is 1. The number of nitrogens with zero attached hydrogens (tertiary/aromatic N) is 4. The highest BCUT2D eigenvalue weighted by Gasteiger charge is 2.30.